The summed E-state index contributed by atoms with van der Waals surface area (Å²) in [6.07, 6.45) is 27.0. The van der Waals surface area contributed by atoms with Gasteiger partial charge in [0.05, 0.1) is 0 Å². The molecule has 0 amide bonds. The summed E-state index contributed by atoms with van der Waals surface area (Å²) in [5.74, 6) is -3.87. The zero-order valence-electron chi connectivity index (χ0n) is 29.5. The van der Waals surface area contributed by atoms with Crippen LogP contribution >= 0.6 is 0 Å². The normalized spacial score (nSPS) is 16.7. The van der Waals surface area contributed by atoms with Gasteiger partial charge in [0.1, 0.15) is 0 Å². The highest BCUT2D eigenvalue weighted by Crippen LogP contribution is 2.38. The van der Waals surface area contributed by atoms with Crippen LogP contribution in [0, 0.1) is 0 Å². The smallest absolute Gasteiger partial charge is 0.220 e. The lowest BCUT2D eigenvalue weighted by Gasteiger charge is -2.40. The minimum atomic E-state index is -3.16. The highest BCUT2D eigenvalue weighted by atomic mass is 16.4. The Hall–Kier alpha value is -1.70. The lowest BCUT2D eigenvalue weighted by molar-refractivity contribution is -0.202. The Kier molecular flexibility index (Phi) is 23.3. The van der Waals surface area contributed by atoms with E-state index in [2.05, 4.69) is 26.0 Å². The van der Waals surface area contributed by atoms with Crippen molar-refractivity contribution in [1.29, 1.82) is 0 Å². The van der Waals surface area contributed by atoms with Crippen LogP contribution in [0.5, 0.6) is 0 Å². The quantitative estimate of drug-likeness (QED) is 0.0390. The van der Waals surface area contributed by atoms with Gasteiger partial charge in [-0.05, 0) is 38.5 Å². The SMILES string of the molecule is CCCCCCCC/C=C/CCCCCCCC(=O)C(O)(C(O)C(=O)CCCCCCCCCCCCC)C1(O)C(=O)CCC1=O. The van der Waals surface area contributed by atoms with Crippen LogP contribution in [-0.4, -0.2) is 55.8 Å². The molecule has 1 aliphatic carbocycles. The number of aliphatic hydroxyl groups excluding tert-OH is 1. The minimum absolute atomic E-state index is 0.0976. The molecule has 7 heteroatoms. The number of carbonyl (C=O) groups is 4. The first kappa shape index (κ1) is 42.3. The van der Waals surface area contributed by atoms with Crippen molar-refractivity contribution in [3.63, 3.8) is 0 Å². The molecule has 0 aliphatic heterocycles. The molecule has 0 aromatic rings. The second-order valence-electron chi connectivity index (χ2n) is 13.7. The van der Waals surface area contributed by atoms with Crippen LogP contribution in [0.25, 0.3) is 0 Å². The van der Waals surface area contributed by atoms with Gasteiger partial charge < -0.3 is 15.3 Å². The molecule has 1 saturated carbocycles. The molecule has 1 aliphatic rings. The second-order valence-corrected chi connectivity index (χ2v) is 13.7. The third-order valence-corrected chi connectivity index (χ3v) is 9.76. The Labute approximate surface area is 280 Å². The third-order valence-electron chi connectivity index (χ3n) is 9.76. The summed E-state index contributed by atoms with van der Waals surface area (Å²) in [5, 5.41) is 33.6. The van der Waals surface area contributed by atoms with E-state index in [0.29, 0.717) is 19.3 Å². The highest BCUT2D eigenvalue weighted by molar-refractivity contribution is 6.21. The molecule has 0 saturated heterocycles. The molecule has 0 spiro atoms. The minimum Gasteiger partial charge on any atom is -0.382 e. The van der Waals surface area contributed by atoms with E-state index in [-0.39, 0.29) is 25.7 Å². The van der Waals surface area contributed by atoms with Gasteiger partial charge in [-0.2, -0.15) is 0 Å². The number of rotatable bonds is 31. The Bertz CT molecular complexity index is 879. The molecule has 0 bridgehead atoms. The van der Waals surface area contributed by atoms with Crippen LogP contribution in [0.3, 0.4) is 0 Å². The summed E-state index contributed by atoms with van der Waals surface area (Å²) in [6, 6.07) is 0. The van der Waals surface area contributed by atoms with Gasteiger partial charge in [-0.3, -0.25) is 19.2 Å². The number of hydrogen-bond acceptors (Lipinski definition) is 7. The molecule has 1 rings (SSSR count). The van der Waals surface area contributed by atoms with E-state index in [9.17, 15) is 34.5 Å². The standard InChI is InChI=1S/C39H68O7/c1-3-5-7-9-11-13-15-16-17-18-20-22-24-26-28-30-34(41)39(46,38(45)35(42)31-32-36(38)43)37(44)33(40)29-27-25-23-21-19-14-12-10-8-6-4-2/h16-17,37,44-46H,3-15,18-32H2,1-2H3/b17-16+. The number of aliphatic hydroxyl groups is 3. The highest BCUT2D eigenvalue weighted by Gasteiger charge is 2.69. The average Bonchev–Trinajstić information content (AvgIpc) is 3.32. The zero-order chi connectivity index (χ0) is 34.1. The number of Topliss-reactive ketones (excluding diaryl/α,β-unsaturated/α-hetero) is 4. The van der Waals surface area contributed by atoms with E-state index >= 15 is 0 Å². The van der Waals surface area contributed by atoms with Crippen molar-refractivity contribution in [3.05, 3.63) is 12.2 Å². The van der Waals surface area contributed by atoms with Crippen molar-refractivity contribution in [2.75, 3.05) is 0 Å². The van der Waals surface area contributed by atoms with Gasteiger partial charge in [0.2, 0.25) is 5.60 Å². The van der Waals surface area contributed by atoms with Crippen LogP contribution in [0.2, 0.25) is 0 Å². The van der Waals surface area contributed by atoms with Gasteiger partial charge in [-0.25, -0.2) is 0 Å². The Morgan fingerprint density at radius 1 is 0.630 bits per heavy atom. The van der Waals surface area contributed by atoms with Crippen LogP contribution < -0.4 is 0 Å². The van der Waals surface area contributed by atoms with Crippen molar-refractivity contribution in [2.24, 2.45) is 0 Å². The van der Waals surface area contributed by atoms with Crippen LogP contribution in [-0.2, 0) is 19.2 Å². The number of ketones is 4. The molecule has 3 N–H and O–H groups in total. The predicted octanol–water partition coefficient (Wildman–Crippen LogP) is 8.62. The monoisotopic (exact) mass is 648 g/mol. The molecule has 1 fully saturated rings. The molecule has 0 heterocycles. The summed E-state index contributed by atoms with van der Waals surface area (Å²) < 4.78 is 0. The fourth-order valence-corrected chi connectivity index (χ4v) is 6.60. The fourth-order valence-electron chi connectivity index (χ4n) is 6.60. The van der Waals surface area contributed by atoms with E-state index in [1.54, 1.807) is 0 Å². The van der Waals surface area contributed by atoms with Gasteiger partial charge in [0, 0.05) is 25.7 Å². The Morgan fingerprint density at radius 3 is 1.39 bits per heavy atom. The maximum atomic E-state index is 13.4. The van der Waals surface area contributed by atoms with Crippen LogP contribution in [0.4, 0.5) is 0 Å². The fraction of sp³-hybridized carbons (Fsp3) is 0.846. The maximum Gasteiger partial charge on any atom is 0.220 e. The van der Waals surface area contributed by atoms with Gasteiger partial charge >= 0.3 is 0 Å². The lowest BCUT2D eigenvalue weighted by Crippen LogP contribution is -2.72. The molecule has 266 valence electrons. The summed E-state index contributed by atoms with van der Waals surface area (Å²) in [7, 11) is 0. The van der Waals surface area contributed by atoms with Gasteiger partial charge in [-0.1, -0.05) is 142 Å². The number of carbonyl (C=O) groups excluding carboxylic acids is 4. The van der Waals surface area contributed by atoms with E-state index in [4.69, 9.17) is 0 Å². The summed E-state index contributed by atoms with van der Waals surface area (Å²) >= 11 is 0. The maximum absolute atomic E-state index is 13.4. The zero-order valence-corrected chi connectivity index (χ0v) is 29.5. The summed E-state index contributed by atoms with van der Waals surface area (Å²) in [6.45, 7) is 4.44. The Balaban J connectivity index is 2.48. The molecule has 2 atom stereocenters. The number of unbranched alkanes of at least 4 members (excludes halogenated alkanes) is 21. The van der Waals surface area contributed by atoms with Gasteiger partial charge in [0.25, 0.3) is 0 Å². The molecule has 0 aromatic heterocycles. The largest absolute Gasteiger partial charge is 0.382 e. The van der Waals surface area contributed by atoms with E-state index in [1.165, 1.54) is 77.0 Å². The second kappa shape index (κ2) is 25.3. The molecule has 2 unspecified atom stereocenters. The first-order valence-corrected chi connectivity index (χ1v) is 19.1. The van der Waals surface area contributed by atoms with Crippen molar-refractivity contribution < 1.29 is 34.5 Å². The first-order chi connectivity index (χ1) is 22.2. The van der Waals surface area contributed by atoms with Crippen molar-refractivity contribution in [3.8, 4) is 0 Å². The van der Waals surface area contributed by atoms with E-state index in [1.807, 2.05) is 0 Å². The Morgan fingerprint density at radius 2 is 0.978 bits per heavy atom. The van der Waals surface area contributed by atoms with Crippen LogP contribution in [0.15, 0.2) is 12.2 Å². The number of hydrogen-bond donors (Lipinski definition) is 3. The summed E-state index contributed by atoms with van der Waals surface area (Å²) in [4.78, 5) is 51.6. The molecule has 46 heavy (non-hydrogen) atoms. The molecular formula is C39H68O7. The van der Waals surface area contributed by atoms with Gasteiger partial charge in [0.15, 0.2) is 34.8 Å². The molecule has 0 aromatic carbocycles. The molecule has 7 nitrogen and oxygen atoms in total. The van der Waals surface area contributed by atoms with Crippen molar-refractivity contribution in [2.45, 2.75) is 211 Å². The van der Waals surface area contributed by atoms with Crippen molar-refractivity contribution in [1.82, 2.24) is 0 Å². The molecular weight excluding hydrogens is 580 g/mol. The van der Waals surface area contributed by atoms with Crippen LogP contribution in [0.1, 0.15) is 194 Å². The topological polar surface area (TPSA) is 129 Å². The third kappa shape index (κ3) is 14.6. The number of allylic oxidation sites excluding steroid dienone is 2. The summed E-state index contributed by atoms with van der Waals surface area (Å²) in [5.41, 5.74) is -6.24. The first-order valence-electron chi connectivity index (χ1n) is 19.1. The van der Waals surface area contributed by atoms with Crippen molar-refractivity contribution >= 4 is 23.1 Å². The lowest BCUT2D eigenvalue weighted by atomic mass is 9.70. The average molecular weight is 649 g/mol. The van der Waals surface area contributed by atoms with E-state index in [0.717, 1.165) is 57.8 Å². The van der Waals surface area contributed by atoms with Gasteiger partial charge in [-0.15, -0.1) is 0 Å². The predicted molar refractivity (Wildman–Crippen MR) is 186 cm³/mol. The molecule has 0 radical (unpaired) electrons. The van der Waals surface area contributed by atoms with E-state index < -0.39 is 40.4 Å².